The minimum atomic E-state index is 0.879. The molecular formula is C10H11NOS. The van der Waals surface area contributed by atoms with E-state index in [4.69, 9.17) is 4.74 Å². The van der Waals surface area contributed by atoms with Crippen LogP contribution in [0, 0.1) is 0 Å². The molecule has 0 aliphatic carbocycles. The molecule has 0 atom stereocenters. The Kier molecular flexibility index (Phi) is 2.27. The first kappa shape index (κ1) is 8.63. The van der Waals surface area contributed by atoms with Crippen molar-refractivity contribution in [2.24, 2.45) is 4.99 Å². The Morgan fingerprint density at radius 3 is 3.00 bits per heavy atom. The van der Waals surface area contributed by atoms with Crippen LogP contribution in [0.4, 0.5) is 5.69 Å². The number of rotatable bonds is 1. The van der Waals surface area contributed by atoms with Crippen molar-refractivity contribution in [3.63, 3.8) is 0 Å². The number of nitrogens with zero attached hydrogens (tertiary/aromatic N) is 1. The van der Waals surface area contributed by atoms with E-state index in [0.29, 0.717) is 0 Å². The molecule has 0 radical (unpaired) electrons. The number of thioether (sulfide) groups is 1. The molecule has 1 aliphatic rings. The fourth-order valence-corrected chi connectivity index (χ4v) is 1.87. The van der Waals surface area contributed by atoms with Crippen LogP contribution in [0.3, 0.4) is 0 Å². The van der Waals surface area contributed by atoms with E-state index in [1.807, 2.05) is 12.1 Å². The Labute approximate surface area is 82.0 Å². The molecule has 13 heavy (non-hydrogen) atoms. The summed E-state index contributed by atoms with van der Waals surface area (Å²) in [6.45, 7) is 0. The highest BCUT2D eigenvalue weighted by atomic mass is 32.2. The molecule has 1 aromatic carbocycles. The number of benzene rings is 1. The number of methoxy groups -OCH3 is 1. The predicted octanol–water partition coefficient (Wildman–Crippen LogP) is 2.64. The summed E-state index contributed by atoms with van der Waals surface area (Å²) < 4.78 is 5.13. The predicted molar refractivity (Wildman–Crippen MR) is 57.3 cm³/mol. The number of hydrogen-bond donors (Lipinski definition) is 0. The highest BCUT2D eigenvalue weighted by Crippen LogP contribution is 2.32. The van der Waals surface area contributed by atoms with Crippen LogP contribution in [0.25, 0.3) is 0 Å². The van der Waals surface area contributed by atoms with Crippen LogP contribution < -0.4 is 4.74 Å². The van der Waals surface area contributed by atoms with Crippen LogP contribution in [-0.2, 0) is 6.42 Å². The van der Waals surface area contributed by atoms with E-state index in [1.165, 1.54) is 10.6 Å². The van der Waals surface area contributed by atoms with Gasteiger partial charge in [-0.2, -0.15) is 0 Å². The smallest absolute Gasteiger partial charge is 0.121 e. The maximum absolute atomic E-state index is 5.13. The fraction of sp³-hybridized carbons (Fsp3) is 0.300. The molecule has 0 fully saturated rings. The second-order valence-electron chi connectivity index (χ2n) is 2.88. The van der Waals surface area contributed by atoms with E-state index in [0.717, 1.165) is 17.9 Å². The maximum atomic E-state index is 5.13. The largest absolute Gasteiger partial charge is 0.497 e. The first-order valence-electron chi connectivity index (χ1n) is 4.12. The van der Waals surface area contributed by atoms with E-state index in [-0.39, 0.29) is 0 Å². The molecule has 0 bridgehead atoms. The van der Waals surface area contributed by atoms with E-state index in [1.54, 1.807) is 18.9 Å². The van der Waals surface area contributed by atoms with Gasteiger partial charge < -0.3 is 4.74 Å². The van der Waals surface area contributed by atoms with Crippen molar-refractivity contribution in [2.75, 3.05) is 13.4 Å². The van der Waals surface area contributed by atoms with Crippen LogP contribution in [0.15, 0.2) is 23.2 Å². The lowest BCUT2D eigenvalue weighted by Crippen LogP contribution is -1.89. The van der Waals surface area contributed by atoms with Crippen molar-refractivity contribution < 1.29 is 4.74 Å². The fourth-order valence-electron chi connectivity index (χ4n) is 1.38. The van der Waals surface area contributed by atoms with Crippen molar-refractivity contribution in [3.05, 3.63) is 23.8 Å². The summed E-state index contributed by atoms with van der Waals surface area (Å²) in [6.07, 6.45) is 3.03. The van der Waals surface area contributed by atoms with Crippen LogP contribution in [0.5, 0.6) is 5.75 Å². The van der Waals surface area contributed by atoms with E-state index in [9.17, 15) is 0 Å². The summed E-state index contributed by atoms with van der Waals surface area (Å²) in [5.74, 6) is 0.879. The molecule has 2 nitrogen and oxygen atoms in total. The Hall–Kier alpha value is -0.960. The third kappa shape index (κ3) is 1.56. The number of ether oxygens (including phenoxy) is 1. The van der Waals surface area contributed by atoms with Crippen molar-refractivity contribution in [3.8, 4) is 5.75 Å². The van der Waals surface area contributed by atoms with Gasteiger partial charge in [0.1, 0.15) is 5.75 Å². The molecule has 3 heteroatoms. The third-order valence-corrected chi connectivity index (χ3v) is 2.82. The van der Waals surface area contributed by atoms with Gasteiger partial charge in [0.2, 0.25) is 0 Å². The van der Waals surface area contributed by atoms with Crippen molar-refractivity contribution >= 4 is 22.5 Å². The molecule has 0 amide bonds. The zero-order valence-electron chi connectivity index (χ0n) is 7.70. The highest BCUT2D eigenvalue weighted by Gasteiger charge is 2.13. The Morgan fingerprint density at radius 2 is 2.31 bits per heavy atom. The summed E-state index contributed by atoms with van der Waals surface area (Å²) in [7, 11) is 1.68. The zero-order chi connectivity index (χ0) is 9.26. The normalized spacial score (nSPS) is 13.8. The molecule has 0 aromatic heterocycles. The molecule has 0 saturated carbocycles. The average molecular weight is 193 g/mol. The van der Waals surface area contributed by atoms with Gasteiger partial charge in [-0.25, -0.2) is 4.99 Å². The first-order chi connectivity index (χ1) is 6.33. The molecule has 1 aromatic rings. The highest BCUT2D eigenvalue weighted by molar-refractivity contribution is 8.13. The van der Waals surface area contributed by atoms with E-state index in [2.05, 4.69) is 17.3 Å². The minimum absolute atomic E-state index is 0.879. The monoisotopic (exact) mass is 193 g/mol. The molecule has 0 unspecified atom stereocenters. The SMILES string of the molecule is COc1ccc2c(c1)N=C(SC)C2. The first-order valence-corrected chi connectivity index (χ1v) is 5.34. The maximum Gasteiger partial charge on any atom is 0.121 e. The second kappa shape index (κ2) is 3.42. The van der Waals surface area contributed by atoms with Crippen LogP contribution in [0.2, 0.25) is 0 Å². The Balaban J connectivity index is 2.36. The quantitative estimate of drug-likeness (QED) is 0.684. The number of hydrogen-bond acceptors (Lipinski definition) is 3. The van der Waals surface area contributed by atoms with Crippen molar-refractivity contribution in [2.45, 2.75) is 6.42 Å². The zero-order valence-corrected chi connectivity index (χ0v) is 8.52. The van der Waals surface area contributed by atoms with E-state index < -0.39 is 0 Å². The summed E-state index contributed by atoms with van der Waals surface area (Å²) >= 11 is 1.71. The summed E-state index contributed by atoms with van der Waals surface area (Å²) in [6, 6.07) is 6.05. The molecule has 68 valence electrons. The molecule has 0 saturated heterocycles. The topological polar surface area (TPSA) is 21.6 Å². The second-order valence-corrected chi connectivity index (χ2v) is 3.76. The summed E-state index contributed by atoms with van der Waals surface area (Å²) in [5.41, 5.74) is 2.36. The lowest BCUT2D eigenvalue weighted by Gasteiger charge is -2.00. The molecule has 1 aliphatic heterocycles. The third-order valence-electron chi connectivity index (χ3n) is 2.11. The van der Waals surface area contributed by atoms with Crippen LogP contribution in [-0.4, -0.2) is 18.4 Å². The lowest BCUT2D eigenvalue weighted by atomic mass is 10.1. The van der Waals surface area contributed by atoms with Gasteiger partial charge in [-0.05, 0) is 17.9 Å². The van der Waals surface area contributed by atoms with Crippen LogP contribution >= 0.6 is 11.8 Å². The van der Waals surface area contributed by atoms with Crippen molar-refractivity contribution in [1.82, 2.24) is 0 Å². The lowest BCUT2D eigenvalue weighted by molar-refractivity contribution is 0.415. The van der Waals surface area contributed by atoms with Gasteiger partial charge in [-0.3, -0.25) is 0 Å². The van der Waals surface area contributed by atoms with Gasteiger partial charge in [-0.1, -0.05) is 6.07 Å². The van der Waals surface area contributed by atoms with Gasteiger partial charge >= 0.3 is 0 Å². The average Bonchev–Trinajstić information content (AvgIpc) is 2.58. The summed E-state index contributed by atoms with van der Waals surface area (Å²) in [5, 5.41) is 1.18. The molecular weight excluding hydrogens is 182 g/mol. The Morgan fingerprint density at radius 1 is 1.46 bits per heavy atom. The van der Waals surface area contributed by atoms with Gasteiger partial charge in [0, 0.05) is 12.5 Å². The van der Waals surface area contributed by atoms with Crippen molar-refractivity contribution in [1.29, 1.82) is 0 Å². The van der Waals surface area contributed by atoms with E-state index >= 15 is 0 Å². The molecule has 1 heterocycles. The minimum Gasteiger partial charge on any atom is -0.497 e. The van der Waals surface area contributed by atoms with Gasteiger partial charge in [-0.15, -0.1) is 11.8 Å². The van der Waals surface area contributed by atoms with Gasteiger partial charge in [0.15, 0.2) is 0 Å². The number of aliphatic imine (C=N–C) groups is 1. The van der Waals surface area contributed by atoms with Gasteiger partial charge in [0.05, 0.1) is 17.8 Å². The number of fused-ring (bicyclic) bond motifs is 1. The standard InChI is InChI=1S/C10H11NOS/c1-12-8-4-3-7-5-10(13-2)11-9(7)6-8/h3-4,6H,5H2,1-2H3. The van der Waals surface area contributed by atoms with Crippen LogP contribution in [0.1, 0.15) is 5.56 Å². The molecule has 0 spiro atoms. The molecule has 0 N–H and O–H groups in total. The van der Waals surface area contributed by atoms with Gasteiger partial charge in [0.25, 0.3) is 0 Å². The summed E-state index contributed by atoms with van der Waals surface area (Å²) in [4.78, 5) is 4.48. The Bertz CT molecular complexity index is 360. The molecule has 2 rings (SSSR count).